The molecule has 0 heterocycles. The largest absolute Gasteiger partial charge is 0.330 e. The van der Waals surface area contributed by atoms with Crippen LogP contribution in [0.4, 0.5) is 0 Å². The SMILES string of the molecule is NCc1ccc([C@H](CN)c2ccccc2)cc1. The van der Waals surface area contributed by atoms with Gasteiger partial charge in [-0.3, -0.25) is 0 Å². The lowest BCUT2D eigenvalue weighted by Gasteiger charge is -2.16. The molecule has 2 aromatic rings. The van der Waals surface area contributed by atoms with Crippen LogP contribution in [0.15, 0.2) is 54.6 Å². The standard InChI is InChI=1S/C15H18N2/c16-10-12-6-8-14(9-7-12)15(11-17)13-4-2-1-3-5-13/h1-9,15H,10-11,16-17H2/t15-/m1/s1. The van der Waals surface area contributed by atoms with Crippen molar-refractivity contribution in [3.05, 3.63) is 71.3 Å². The third-order valence-electron chi connectivity index (χ3n) is 3.06. The first-order valence-electron chi connectivity index (χ1n) is 5.89. The van der Waals surface area contributed by atoms with Crippen molar-refractivity contribution in [3.63, 3.8) is 0 Å². The lowest BCUT2D eigenvalue weighted by molar-refractivity contribution is 0.818. The van der Waals surface area contributed by atoms with E-state index in [1.54, 1.807) is 0 Å². The van der Waals surface area contributed by atoms with E-state index >= 15 is 0 Å². The summed E-state index contributed by atoms with van der Waals surface area (Å²) in [5.41, 5.74) is 15.1. The molecule has 88 valence electrons. The number of nitrogens with two attached hydrogens (primary N) is 2. The highest BCUT2D eigenvalue weighted by atomic mass is 14.5. The zero-order valence-corrected chi connectivity index (χ0v) is 9.84. The summed E-state index contributed by atoms with van der Waals surface area (Å²) in [5.74, 6) is 0.267. The van der Waals surface area contributed by atoms with E-state index in [-0.39, 0.29) is 5.92 Å². The second-order valence-corrected chi connectivity index (χ2v) is 4.14. The minimum Gasteiger partial charge on any atom is -0.330 e. The average molecular weight is 226 g/mol. The molecule has 0 saturated heterocycles. The maximum Gasteiger partial charge on any atom is 0.0212 e. The quantitative estimate of drug-likeness (QED) is 0.840. The third kappa shape index (κ3) is 2.73. The van der Waals surface area contributed by atoms with Crippen LogP contribution in [0.3, 0.4) is 0 Å². The first-order valence-corrected chi connectivity index (χ1v) is 5.89. The lowest BCUT2D eigenvalue weighted by Crippen LogP contribution is -2.13. The summed E-state index contributed by atoms with van der Waals surface area (Å²) in [6.45, 7) is 1.20. The normalized spacial score (nSPS) is 12.4. The van der Waals surface area contributed by atoms with Crippen LogP contribution in [0, 0.1) is 0 Å². The maximum absolute atomic E-state index is 5.88. The van der Waals surface area contributed by atoms with Crippen LogP contribution < -0.4 is 11.5 Å². The predicted molar refractivity (Wildman–Crippen MR) is 71.7 cm³/mol. The Morgan fingerprint density at radius 1 is 0.765 bits per heavy atom. The van der Waals surface area contributed by atoms with E-state index in [4.69, 9.17) is 11.5 Å². The molecule has 1 atom stereocenters. The lowest BCUT2D eigenvalue weighted by atomic mass is 9.91. The second kappa shape index (κ2) is 5.62. The highest BCUT2D eigenvalue weighted by molar-refractivity contribution is 5.34. The Kier molecular flexibility index (Phi) is 3.91. The maximum atomic E-state index is 5.88. The van der Waals surface area contributed by atoms with Crippen LogP contribution in [-0.4, -0.2) is 6.54 Å². The van der Waals surface area contributed by atoms with Gasteiger partial charge in [0, 0.05) is 19.0 Å². The minimum atomic E-state index is 0.267. The van der Waals surface area contributed by atoms with Crippen LogP contribution in [0.1, 0.15) is 22.6 Å². The molecular formula is C15H18N2. The number of benzene rings is 2. The average Bonchev–Trinajstić information content (AvgIpc) is 2.42. The molecule has 0 unspecified atom stereocenters. The van der Waals surface area contributed by atoms with Gasteiger partial charge in [-0.15, -0.1) is 0 Å². The topological polar surface area (TPSA) is 52.0 Å². The summed E-state index contributed by atoms with van der Waals surface area (Å²) in [6.07, 6.45) is 0. The van der Waals surface area contributed by atoms with Gasteiger partial charge < -0.3 is 11.5 Å². The van der Waals surface area contributed by atoms with Crippen molar-refractivity contribution in [1.82, 2.24) is 0 Å². The first-order chi connectivity index (χ1) is 8.35. The van der Waals surface area contributed by atoms with Crippen molar-refractivity contribution < 1.29 is 0 Å². The summed E-state index contributed by atoms with van der Waals surface area (Å²) in [5, 5.41) is 0. The predicted octanol–water partition coefficient (Wildman–Crippen LogP) is 2.24. The van der Waals surface area contributed by atoms with Gasteiger partial charge in [0.2, 0.25) is 0 Å². The van der Waals surface area contributed by atoms with Gasteiger partial charge in [-0.2, -0.15) is 0 Å². The summed E-state index contributed by atoms with van der Waals surface area (Å²) >= 11 is 0. The van der Waals surface area contributed by atoms with Crippen molar-refractivity contribution in [2.45, 2.75) is 12.5 Å². The minimum absolute atomic E-state index is 0.267. The molecule has 0 radical (unpaired) electrons. The fourth-order valence-electron chi connectivity index (χ4n) is 2.04. The monoisotopic (exact) mass is 226 g/mol. The molecule has 4 N–H and O–H groups in total. The molecule has 2 heteroatoms. The summed E-state index contributed by atoms with van der Waals surface area (Å²) in [4.78, 5) is 0. The Morgan fingerprint density at radius 3 is 1.88 bits per heavy atom. The van der Waals surface area contributed by atoms with Gasteiger partial charge in [0.25, 0.3) is 0 Å². The highest BCUT2D eigenvalue weighted by Crippen LogP contribution is 2.23. The Balaban J connectivity index is 2.29. The third-order valence-corrected chi connectivity index (χ3v) is 3.06. The van der Waals surface area contributed by atoms with Gasteiger partial charge >= 0.3 is 0 Å². The molecule has 2 rings (SSSR count). The number of rotatable bonds is 4. The van der Waals surface area contributed by atoms with E-state index in [0.29, 0.717) is 13.1 Å². The first kappa shape index (κ1) is 11.8. The van der Waals surface area contributed by atoms with Crippen LogP contribution in [0.25, 0.3) is 0 Å². The Morgan fingerprint density at radius 2 is 1.35 bits per heavy atom. The fraction of sp³-hybridized carbons (Fsp3) is 0.200. The molecule has 0 aliphatic rings. The molecule has 0 amide bonds. The van der Waals surface area contributed by atoms with E-state index in [9.17, 15) is 0 Å². The molecule has 0 bridgehead atoms. The van der Waals surface area contributed by atoms with Gasteiger partial charge in [-0.1, -0.05) is 54.6 Å². The van der Waals surface area contributed by atoms with E-state index in [1.807, 2.05) is 18.2 Å². The van der Waals surface area contributed by atoms with E-state index < -0.39 is 0 Å². The molecule has 0 saturated carbocycles. The molecule has 0 fully saturated rings. The number of hydrogen-bond donors (Lipinski definition) is 2. The van der Waals surface area contributed by atoms with E-state index in [1.165, 1.54) is 11.1 Å². The summed E-state index contributed by atoms with van der Waals surface area (Å²) in [6, 6.07) is 18.7. The van der Waals surface area contributed by atoms with Crippen LogP contribution >= 0.6 is 0 Å². The molecule has 17 heavy (non-hydrogen) atoms. The van der Waals surface area contributed by atoms with Gasteiger partial charge in [0.1, 0.15) is 0 Å². The smallest absolute Gasteiger partial charge is 0.0212 e. The van der Waals surface area contributed by atoms with Crippen LogP contribution in [0.5, 0.6) is 0 Å². The van der Waals surface area contributed by atoms with Crippen molar-refractivity contribution >= 4 is 0 Å². The fourth-order valence-corrected chi connectivity index (χ4v) is 2.04. The van der Waals surface area contributed by atoms with Gasteiger partial charge in [-0.05, 0) is 16.7 Å². The molecular weight excluding hydrogens is 208 g/mol. The summed E-state index contributed by atoms with van der Waals surface area (Å²) in [7, 11) is 0. The Hall–Kier alpha value is -1.64. The van der Waals surface area contributed by atoms with Crippen molar-refractivity contribution in [3.8, 4) is 0 Å². The van der Waals surface area contributed by atoms with Crippen LogP contribution in [0.2, 0.25) is 0 Å². The zero-order chi connectivity index (χ0) is 12.1. The van der Waals surface area contributed by atoms with E-state index in [2.05, 4.69) is 36.4 Å². The van der Waals surface area contributed by atoms with Gasteiger partial charge in [0.05, 0.1) is 0 Å². The highest BCUT2D eigenvalue weighted by Gasteiger charge is 2.11. The van der Waals surface area contributed by atoms with Crippen molar-refractivity contribution in [1.29, 1.82) is 0 Å². The van der Waals surface area contributed by atoms with Gasteiger partial charge in [-0.25, -0.2) is 0 Å². The van der Waals surface area contributed by atoms with Crippen LogP contribution in [-0.2, 0) is 6.54 Å². The molecule has 0 aliphatic heterocycles. The summed E-state index contributed by atoms with van der Waals surface area (Å²) < 4.78 is 0. The Labute approximate surface area is 102 Å². The molecule has 0 aromatic heterocycles. The Bertz CT molecular complexity index is 448. The van der Waals surface area contributed by atoms with Crippen molar-refractivity contribution in [2.24, 2.45) is 11.5 Å². The molecule has 0 aliphatic carbocycles. The second-order valence-electron chi connectivity index (χ2n) is 4.14. The van der Waals surface area contributed by atoms with Crippen molar-refractivity contribution in [2.75, 3.05) is 6.54 Å². The molecule has 0 spiro atoms. The number of hydrogen-bond acceptors (Lipinski definition) is 2. The van der Waals surface area contributed by atoms with E-state index in [0.717, 1.165) is 5.56 Å². The zero-order valence-electron chi connectivity index (χ0n) is 9.84. The molecule has 2 nitrogen and oxygen atoms in total. The van der Waals surface area contributed by atoms with Gasteiger partial charge in [0.15, 0.2) is 0 Å². The molecule has 2 aromatic carbocycles.